The number of rotatable bonds is 6. The summed E-state index contributed by atoms with van der Waals surface area (Å²) in [5.41, 5.74) is 2.10. The van der Waals surface area contributed by atoms with E-state index in [2.05, 4.69) is 12.2 Å². The topological polar surface area (TPSA) is 55.4 Å². The predicted octanol–water partition coefficient (Wildman–Crippen LogP) is 5.74. The first-order chi connectivity index (χ1) is 13.0. The second-order valence-corrected chi connectivity index (χ2v) is 8.36. The van der Waals surface area contributed by atoms with Crippen molar-refractivity contribution < 1.29 is 14.3 Å². The molecule has 0 aliphatic heterocycles. The van der Waals surface area contributed by atoms with Gasteiger partial charge in [0.05, 0.1) is 12.2 Å². The fourth-order valence-corrected chi connectivity index (χ4v) is 4.82. The van der Waals surface area contributed by atoms with Crippen molar-refractivity contribution in [2.45, 2.75) is 46.0 Å². The molecule has 1 amide bonds. The van der Waals surface area contributed by atoms with E-state index in [1.807, 2.05) is 6.92 Å². The minimum atomic E-state index is -0.337. The number of ether oxygens (including phenoxy) is 1. The van der Waals surface area contributed by atoms with Crippen LogP contribution in [0.1, 0.15) is 64.3 Å². The molecular formula is C21H24ClNO3S. The molecule has 1 atom stereocenters. The Bertz CT molecular complexity index is 829. The first kappa shape index (κ1) is 19.9. The van der Waals surface area contributed by atoms with Gasteiger partial charge in [-0.2, -0.15) is 0 Å². The number of hydrogen-bond acceptors (Lipinski definition) is 4. The highest BCUT2D eigenvalue weighted by molar-refractivity contribution is 7.17. The molecule has 0 saturated carbocycles. The number of esters is 1. The number of nitrogens with one attached hydrogen (secondary N) is 1. The Kier molecular flexibility index (Phi) is 6.55. The third-order valence-electron chi connectivity index (χ3n) is 4.92. The Labute approximate surface area is 168 Å². The molecule has 6 heteroatoms. The molecule has 0 saturated heterocycles. The van der Waals surface area contributed by atoms with E-state index in [4.69, 9.17) is 16.3 Å². The molecule has 3 rings (SSSR count). The molecule has 144 valence electrons. The Morgan fingerprint density at radius 3 is 2.67 bits per heavy atom. The van der Waals surface area contributed by atoms with Gasteiger partial charge in [-0.3, -0.25) is 4.79 Å². The number of carbonyl (C=O) groups is 2. The number of hydrogen-bond donors (Lipinski definition) is 1. The summed E-state index contributed by atoms with van der Waals surface area (Å²) in [5.74, 6) is 0.0491. The molecule has 0 fully saturated rings. The van der Waals surface area contributed by atoms with Crippen LogP contribution < -0.4 is 5.32 Å². The summed E-state index contributed by atoms with van der Waals surface area (Å²) >= 11 is 7.41. The molecule has 1 heterocycles. The quantitative estimate of drug-likeness (QED) is 0.624. The molecule has 1 aromatic carbocycles. The van der Waals surface area contributed by atoms with Crippen LogP contribution in [0.15, 0.2) is 24.3 Å². The van der Waals surface area contributed by atoms with E-state index in [9.17, 15) is 9.59 Å². The van der Waals surface area contributed by atoms with Crippen LogP contribution in [-0.2, 0) is 17.6 Å². The van der Waals surface area contributed by atoms with Gasteiger partial charge in [0.25, 0.3) is 5.91 Å². The third kappa shape index (κ3) is 4.53. The molecule has 1 N–H and O–H groups in total. The van der Waals surface area contributed by atoms with Gasteiger partial charge in [0.2, 0.25) is 0 Å². The Hall–Kier alpha value is -1.85. The molecule has 27 heavy (non-hydrogen) atoms. The Balaban J connectivity index is 1.90. The largest absolute Gasteiger partial charge is 0.462 e. The first-order valence-corrected chi connectivity index (χ1v) is 10.6. The van der Waals surface area contributed by atoms with Crippen LogP contribution in [0, 0.1) is 5.92 Å². The molecule has 0 spiro atoms. The number of benzene rings is 1. The zero-order chi connectivity index (χ0) is 19.4. The van der Waals surface area contributed by atoms with E-state index < -0.39 is 0 Å². The summed E-state index contributed by atoms with van der Waals surface area (Å²) in [6.45, 7) is 4.54. The van der Waals surface area contributed by atoms with Gasteiger partial charge in [-0.25, -0.2) is 4.79 Å². The van der Waals surface area contributed by atoms with Crippen LogP contribution in [0.5, 0.6) is 0 Å². The highest BCUT2D eigenvalue weighted by Crippen LogP contribution is 2.41. The van der Waals surface area contributed by atoms with E-state index >= 15 is 0 Å². The van der Waals surface area contributed by atoms with Crippen molar-refractivity contribution in [3.05, 3.63) is 50.9 Å². The van der Waals surface area contributed by atoms with Crippen LogP contribution in [-0.4, -0.2) is 18.5 Å². The molecule has 0 bridgehead atoms. The normalized spacial score (nSPS) is 15.9. The number of carbonyl (C=O) groups excluding carboxylic acids is 2. The average Bonchev–Trinajstić information content (AvgIpc) is 3.03. The number of thiophene rings is 1. The Morgan fingerprint density at radius 2 is 2.00 bits per heavy atom. The van der Waals surface area contributed by atoms with Crippen molar-refractivity contribution in [3.63, 3.8) is 0 Å². The molecular weight excluding hydrogens is 382 g/mol. The van der Waals surface area contributed by atoms with E-state index in [1.165, 1.54) is 16.2 Å². The zero-order valence-corrected chi connectivity index (χ0v) is 17.2. The molecule has 1 aliphatic rings. The fraction of sp³-hybridized carbons (Fsp3) is 0.429. The average molecular weight is 406 g/mol. The summed E-state index contributed by atoms with van der Waals surface area (Å²) in [6, 6.07) is 6.71. The number of halogens is 1. The zero-order valence-electron chi connectivity index (χ0n) is 15.6. The van der Waals surface area contributed by atoms with E-state index in [0.717, 1.165) is 37.7 Å². The maximum Gasteiger partial charge on any atom is 0.341 e. The highest BCUT2D eigenvalue weighted by atomic mass is 35.5. The number of fused-ring (bicyclic) bond motifs is 1. The van der Waals surface area contributed by atoms with Crippen molar-refractivity contribution in [1.29, 1.82) is 0 Å². The lowest BCUT2D eigenvalue weighted by atomic mass is 9.85. The first-order valence-electron chi connectivity index (χ1n) is 9.42. The molecule has 1 unspecified atom stereocenters. The van der Waals surface area contributed by atoms with Crippen LogP contribution in [0.2, 0.25) is 5.02 Å². The van der Waals surface area contributed by atoms with E-state index in [-0.39, 0.29) is 11.9 Å². The van der Waals surface area contributed by atoms with Gasteiger partial charge in [-0.05, 0) is 61.4 Å². The maximum absolute atomic E-state index is 12.7. The molecule has 2 aromatic rings. The number of amides is 1. The second-order valence-electron chi connectivity index (χ2n) is 6.82. The molecule has 1 aliphatic carbocycles. The fourth-order valence-electron chi connectivity index (χ4n) is 3.35. The van der Waals surface area contributed by atoms with Crippen molar-refractivity contribution in [1.82, 2.24) is 0 Å². The van der Waals surface area contributed by atoms with Gasteiger partial charge in [0.15, 0.2) is 0 Å². The van der Waals surface area contributed by atoms with E-state index in [0.29, 0.717) is 33.7 Å². The Morgan fingerprint density at radius 1 is 1.26 bits per heavy atom. The van der Waals surface area contributed by atoms with Crippen molar-refractivity contribution in [2.24, 2.45) is 5.92 Å². The monoisotopic (exact) mass is 405 g/mol. The minimum absolute atomic E-state index is 0.248. The highest BCUT2D eigenvalue weighted by Gasteiger charge is 2.30. The van der Waals surface area contributed by atoms with Crippen LogP contribution >= 0.6 is 22.9 Å². The standard InChI is InChI=1S/C21H24ClNO3S/c1-3-11-26-21(25)18-16-10-5-13(4-2)12-17(16)27-20(18)23-19(24)14-6-8-15(22)9-7-14/h6-9,13H,3-5,10-12H2,1-2H3,(H,23,24). The number of anilines is 1. The lowest BCUT2D eigenvalue weighted by molar-refractivity contribution is 0.0505. The van der Waals surface area contributed by atoms with Crippen molar-refractivity contribution in [2.75, 3.05) is 11.9 Å². The SMILES string of the molecule is CCCOC(=O)c1c(NC(=O)c2ccc(Cl)cc2)sc2c1CCC(CC)C2. The maximum atomic E-state index is 12.7. The predicted molar refractivity (Wildman–Crippen MR) is 110 cm³/mol. The summed E-state index contributed by atoms with van der Waals surface area (Å²) < 4.78 is 5.40. The second kappa shape index (κ2) is 8.89. The molecule has 1 aromatic heterocycles. The summed E-state index contributed by atoms with van der Waals surface area (Å²) in [4.78, 5) is 26.5. The van der Waals surface area contributed by atoms with Gasteiger partial charge in [-0.15, -0.1) is 11.3 Å². The van der Waals surface area contributed by atoms with Crippen LogP contribution in [0.3, 0.4) is 0 Å². The van der Waals surface area contributed by atoms with Crippen LogP contribution in [0.25, 0.3) is 0 Å². The summed E-state index contributed by atoms with van der Waals surface area (Å²) in [6.07, 6.45) is 4.78. The smallest absolute Gasteiger partial charge is 0.341 e. The summed E-state index contributed by atoms with van der Waals surface area (Å²) in [5, 5.41) is 4.10. The van der Waals surface area contributed by atoms with Gasteiger partial charge in [-0.1, -0.05) is 31.9 Å². The van der Waals surface area contributed by atoms with Gasteiger partial charge >= 0.3 is 5.97 Å². The third-order valence-corrected chi connectivity index (χ3v) is 6.34. The molecule has 4 nitrogen and oxygen atoms in total. The van der Waals surface area contributed by atoms with E-state index in [1.54, 1.807) is 24.3 Å². The lowest BCUT2D eigenvalue weighted by Crippen LogP contribution is -2.17. The summed E-state index contributed by atoms with van der Waals surface area (Å²) in [7, 11) is 0. The van der Waals surface area contributed by atoms with Gasteiger partial charge in [0, 0.05) is 15.5 Å². The lowest BCUT2D eigenvalue weighted by Gasteiger charge is -2.21. The van der Waals surface area contributed by atoms with Crippen molar-refractivity contribution in [3.8, 4) is 0 Å². The van der Waals surface area contributed by atoms with Gasteiger partial charge in [0.1, 0.15) is 5.00 Å². The van der Waals surface area contributed by atoms with Crippen molar-refractivity contribution >= 4 is 39.8 Å². The van der Waals surface area contributed by atoms with Gasteiger partial charge < -0.3 is 10.1 Å². The van der Waals surface area contributed by atoms with Crippen LogP contribution in [0.4, 0.5) is 5.00 Å². The molecule has 0 radical (unpaired) electrons. The minimum Gasteiger partial charge on any atom is -0.462 e.